The van der Waals surface area contributed by atoms with Gasteiger partial charge in [0.2, 0.25) is 11.7 Å². The van der Waals surface area contributed by atoms with Gasteiger partial charge in [-0.05, 0) is 11.6 Å². The maximum Gasteiger partial charge on any atom is 0.223 e. The normalized spacial score (nSPS) is 19.3. The predicted octanol–water partition coefficient (Wildman–Crippen LogP) is 2.02. The van der Waals surface area contributed by atoms with Gasteiger partial charge in [0.05, 0.1) is 6.61 Å². The zero-order chi connectivity index (χ0) is 15.5. The van der Waals surface area contributed by atoms with Gasteiger partial charge in [-0.2, -0.15) is 4.98 Å². The third kappa shape index (κ3) is 3.28. The average molecular weight is 302 g/mol. The quantitative estimate of drug-likeness (QED) is 0.861. The molecule has 1 unspecified atom stereocenters. The molecule has 0 spiro atoms. The number of rotatable bonds is 4. The van der Waals surface area contributed by atoms with Crippen LogP contribution in [0.1, 0.15) is 23.4 Å². The molecule has 0 aliphatic carbocycles. The van der Waals surface area contributed by atoms with Crippen LogP contribution in [0, 0.1) is 6.92 Å². The first-order valence-electron chi connectivity index (χ1n) is 7.53. The number of aryl methyl sites for hydroxylation is 1. The van der Waals surface area contributed by atoms with E-state index in [9.17, 15) is 0 Å². The van der Waals surface area contributed by atoms with Gasteiger partial charge in [-0.3, -0.25) is 4.90 Å². The molecule has 2 heterocycles. The van der Waals surface area contributed by atoms with E-state index in [4.69, 9.17) is 9.26 Å². The highest BCUT2D eigenvalue weighted by Gasteiger charge is 2.26. The van der Waals surface area contributed by atoms with Crippen LogP contribution in [0.15, 0.2) is 28.8 Å². The molecule has 1 aliphatic heterocycles. The lowest BCUT2D eigenvalue weighted by Crippen LogP contribution is -2.38. The number of morpholine rings is 1. The Hall–Kier alpha value is -1.92. The molecule has 1 aromatic carbocycles. The number of anilines is 1. The largest absolute Gasteiger partial charge is 0.377 e. The fourth-order valence-corrected chi connectivity index (χ4v) is 2.77. The lowest BCUT2D eigenvalue weighted by molar-refractivity contribution is -0.0380. The number of para-hydroxylation sites is 1. The van der Waals surface area contributed by atoms with Crippen molar-refractivity contribution in [3.63, 3.8) is 0 Å². The molecule has 0 amide bonds. The summed E-state index contributed by atoms with van der Waals surface area (Å²) in [5.74, 6) is 1.22. The minimum absolute atomic E-state index is 0.113. The summed E-state index contributed by atoms with van der Waals surface area (Å²) < 4.78 is 10.8. The van der Waals surface area contributed by atoms with Crippen molar-refractivity contribution >= 4 is 5.69 Å². The van der Waals surface area contributed by atoms with Crippen LogP contribution < -0.4 is 4.90 Å². The maximum atomic E-state index is 5.79. The van der Waals surface area contributed by atoms with Crippen molar-refractivity contribution in [2.24, 2.45) is 0 Å². The van der Waals surface area contributed by atoms with Gasteiger partial charge in [-0.15, -0.1) is 0 Å². The summed E-state index contributed by atoms with van der Waals surface area (Å²) in [5.41, 5.74) is 2.57. The Labute approximate surface area is 130 Å². The molecule has 1 atom stereocenters. The highest BCUT2D eigenvalue weighted by molar-refractivity contribution is 5.52. The molecule has 0 N–H and O–H groups in total. The van der Waals surface area contributed by atoms with Crippen LogP contribution in [0.4, 0.5) is 5.69 Å². The summed E-state index contributed by atoms with van der Waals surface area (Å²) in [6.07, 6.45) is -0.113. The third-order valence-corrected chi connectivity index (χ3v) is 3.85. The molecule has 118 valence electrons. The van der Waals surface area contributed by atoms with E-state index in [1.165, 1.54) is 11.3 Å². The van der Waals surface area contributed by atoms with Gasteiger partial charge in [-0.25, -0.2) is 0 Å². The zero-order valence-electron chi connectivity index (χ0n) is 13.3. The predicted molar refractivity (Wildman–Crippen MR) is 83.8 cm³/mol. The summed E-state index contributed by atoms with van der Waals surface area (Å²) in [6, 6.07) is 8.49. The van der Waals surface area contributed by atoms with Crippen LogP contribution in [0.2, 0.25) is 0 Å². The Bertz CT molecular complexity index is 626. The van der Waals surface area contributed by atoms with Crippen molar-refractivity contribution in [3.05, 3.63) is 41.5 Å². The first-order chi connectivity index (χ1) is 10.6. The van der Waals surface area contributed by atoms with E-state index < -0.39 is 0 Å². The summed E-state index contributed by atoms with van der Waals surface area (Å²) in [5, 5.41) is 3.98. The van der Waals surface area contributed by atoms with Crippen molar-refractivity contribution in [2.45, 2.75) is 19.6 Å². The van der Waals surface area contributed by atoms with E-state index in [1.807, 2.05) is 0 Å². The minimum Gasteiger partial charge on any atom is -0.377 e. The monoisotopic (exact) mass is 302 g/mol. The molecular formula is C16H22N4O2. The Morgan fingerprint density at radius 3 is 2.86 bits per heavy atom. The van der Waals surface area contributed by atoms with E-state index in [0.29, 0.717) is 18.3 Å². The van der Waals surface area contributed by atoms with E-state index in [1.54, 1.807) is 6.92 Å². The molecule has 1 aliphatic rings. The number of benzene rings is 1. The second-order valence-electron chi connectivity index (χ2n) is 5.79. The summed E-state index contributed by atoms with van der Waals surface area (Å²) in [7, 11) is 4.14. The van der Waals surface area contributed by atoms with Gasteiger partial charge in [0.25, 0.3) is 0 Å². The summed E-state index contributed by atoms with van der Waals surface area (Å²) >= 11 is 0. The minimum atomic E-state index is -0.113. The third-order valence-electron chi connectivity index (χ3n) is 3.85. The molecule has 1 fully saturated rings. The Kier molecular flexibility index (Phi) is 4.40. The van der Waals surface area contributed by atoms with Gasteiger partial charge >= 0.3 is 0 Å². The Morgan fingerprint density at radius 1 is 1.32 bits per heavy atom. The smallest absolute Gasteiger partial charge is 0.223 e. The van der Waals surface area contributed by atoms with Gasteiger partial charge in [-0.1, -0.05) is 23.4 Å². The van der Waals surface area contributed by atoms with Crippen molar-refractivity contribution in [1.29, 1.82) is 0 Å². The van der Waals surface area contributed by atoms with Gasteiger partial charge < -0.3 is 14.2 Å². The molecule has 0 bridgehead atoms. The van der Waals surface area contributed by atoms with Crippen LogP contribution in [0.25, 0.3) is 0 Å². The molecule has 1 saturated heterocycles. The summed E-state index contributed by atoms with van der Waals surface area (Å²) in [6.45, 7) is 5.06. The SMILES string of the molecule is Cc1nc(C2CN(Cc3ccccc3N(C)C)CCO2)no1. The molecule has 0 radical (unpaired) electrons. The average Bonchev–Trinajstić information content (AvgIpc) is 2.94. The van der Waals surface area contributed by atoms with Gasteiger partial charge in [0, 0.05) is 46.3 Å². The number of ether oxygens (including phenoxy) is 1. The second-order valence-corrected chi connectivity index (χ2v) is 5.79. The van der Waals surface area contributed by atoms with Crippen LogP contribution in [-0.2, 0) is 11.3 Å². The molecular weight excluding hydrogens is 280 g/mol. The first kappa shape index (κ1) is 15.0. The maximum absolute atomic E-state index is 5.79. The van der Waals surface area contributed by atoms with E-state index in [-0.39, 0.29) is 6.10 Å². The van der Waals surface area contributed by atoms with Crippen molar-refractivity contribution < 1.29 is 9.26 Å². The van der Waals surface area contributed by atoms with E-state index in [0.717, 1.165) is 19.6 Å². The molecule has 3 rings (SSSR count). The Morgan fingerprint density at radius 2 is 2.14 bits per heavy atom. The van der Waals surface area contributed by atoms with Crippen LogP contribution in [0.3, 0.4) is 0 Å². The lowest BCUT2D eigenvalue weighted by Gasteiger charge is -2.32. The zero-order valence-corrected chi connectivity index (χ0v) is 13.3. The fourth-order valence-electron chi connectivity index (χ4n) is 2.77. The van der Waals surface area contributed by atoms with Crippen molar-refractivity contribution in [2.75, 3.05) is 38.7 Å². The molecule has 22 heavy (non-hydrogen) atoms. The number of hydrogen-bond donors (Lipinski definition) is 0. The molecule has 2 aromatic rings. The highest BCUT2D eigenvalue weighted by Crippen LogP contribution is 2.24. The van der Waals surface area contributed by atoms with Crippen molar-refractivity contribution in [3.8, 4) is 0 Å². The van der Waals surface area contributed by atoms with Crippen LogP contribution >= 0.6 is 0 Å². The van der Waals surface area contributed by atoms with E-state index in [2.05, 4.69) is 58.3 Å². The number of aromatic nitrogens is 2. The topological polar surface area (TPSA) is 54.6 Å². The van der Waals surface area contributed by atoms with Gasteiger partial charge in [0.15, 0.2) is 0 Å². The summed E-state index contributed by atoms with van der Waals surface area (Å²) in [4.78, 5) is 8.81. The standard InChI is InChI=1S/C16H22N4O2/c1-12-17-16(18-22-12)15-11-20(8-9-21-15)10-13-6-4-5-7-14(13)19(2)3/h4-7,15H,8-11H2,1-3H3. The first-order valence-corrected chi connectivity index (χ1v) is 7.53. The molecule has 6 nitrogen and oxygen atoms in total. The number of nitrogens with zero attached hydrogens (tertiary/aromatic N) is 4. The van der Waals surface area contributed by atoms with Crippen molar-refractivity contribution in [1.82, 2.24) is 15.0 Å². The number of hydrogen-bond acceptors (Lipinski definition) is 6. The highest BCUT2D eigenvalue weighted by atomic mass is 16.5. The second kappa shape index (κ2) is 6.46. The molecule has 0 saturated carbocycles. The van der Waals surface area contributed by atoms with Crippen LogP contribution in [0.5, 0.6) is 0 Å². The molecule has 6 heteroatoms. The van der Waals surface area contributed by atoms with E-state index >= 15 is 0 Å². The fraction of sp³-hybridized carbons (Fsp3) is 0.500. The molecule has 1 aromatic heterocycles. The lowest BCUT2D eigenvalue weighted by atomic mass is 10.1. The van der Waals surface area contributed by atoms with Gasteiger partial charge in [0.1, 0.15) is 6.10 Å². The Balaban J connectivity index is 1.71. The van der Waals surface area contributed by atoms with Crippen LogP contribution in [-0.4, -0.2) is 48.8 Å².